The largest absolute Gasteiger partial charge is 0.342 e. The first kappa shape index (κ1) is 19.3. The van der Waals surface area contributed by atoms with Crippen LogP contribution in [0.5, 0.6) is 0 Å². The fraction of sp³-hybridized carbons (Fsp3) is 0.381. The van der Waals surface area contributed by atoms with Crippen LogP contribution in [0, 0.1) is 0 Å². The molecule has 1 N–H and O–H groups in total. The smallest absolute Gasteiger partial charge is 0.203 e. The molecule has 0 bridgehead atoms. The summed E-state index contributed by atoms with van der Waals surface area (Å²) in [6.45, 7) is 6.45. The molecule has 3 nitrogen and oxygen atoms in total. The zero-order chi connectivity index (χ0) is 17.9. The monoisotopic (exact) mass is 357 g/mol. The summed E-state index contributed by atoms with van der Waals surface area (Å²) in [7, 11) is 0. The molecule has 0 fully saturated rings. The van der Waals surface area contributed by atoms with Crippen LogP contribution in [-0.4, -0.2) is 23.9 Å². The number of rotatable bonds is 8. The lowest BCUT2D eigenvalue weighted by Crippen LogP contribution is -2.37. The minimum absolute atomic E-state index is 0.727. The van der Waals surface area contributed by atoms with Crippen molar-refractivity contribution >= 4 is 28.9 Å². The highest BCUT2D eigenvalue weighted by atomic mass is 35.5. The molecule has 0 radical (unpaired) electrons. The summed E-state index contributed by atoms with van der Waals surface area (Å²) >= 11 is 6.00. The lowest BCUT2D eigenvalue weighted by atomic mass is 10.2. The van der Waals surface area contributed by atoms with Crippen LogP contribution in [0.15, 0.2) is 59.6 Å². The number of benzene rings is 2. The first-order valence-corrected chi connectivity index (χ1v) is 9.52. The molecule has 0 spiro atoms. The van der Waals surface area contributed by atoms with Crippen molar-refractivity contribution in [1.29, 1.82) is 0 Å². The summed E-state index contributed by atoms with van der Waals surface area (Å²) in [6, 6.07) is 17.9. The topological polar surface area (TPSA) is 27.6 Å². The number of hydrogen-bond acceptors (Lipinski definition) is 1. The highest BCUT2D eigenvalue weighted by Crippen LogP contribution is 2.18. The van der Waals surface area contributed by atoms with Gasteiger partial charge in [0.2, 0.25) is 5.96 Å². The number of nitrogens with zero attached hydrogens (tertiary/aromatic N) is 2. The average Bonchev–Trinajstić information content (AvgIpc) is 2.64. The Morgan fingerprint density at radius 3 is 2.08 bits per heavy atom. The van der Waals surface area contributed by atoms with Crippen LogP contribution in [0.25, 0.3) is 0 Å². The van der Waals surface area contributed by atoms with Gasteiger partial charge in [-0.25, -0.2) is 4.99 Å². The van der Waals surface area contributed by atoms with Gasteiger partial charge in [0.1, 0.15) is 0 Å². The standard InChI is InChI=1S/C21H28ClN3/c1-3-5-16-25(17-6-4-2)21(23-19-10-8-7-9-11-19)24-20-14-12-18(22)13-15-20/h7-15H,3-6,16-17H2,1-2H3,(H,23,24). The van der Waals surface area contributed by atoms with Crippen LogP contribution in [-0.2, 0) is 0 Å². The van der Waals surface area contributed by atoms with Crippen LogP contribution in [0.1, 0.15) is 39.5 Å². The SMILES string of the molecule is CCCCN(CCCC)C(=Nc1ccc(Cl)cc1)Nc1ccccc1. The predicted octanol–water partition coefficient (Wildman–Crippen LogP) is 6.34. The average molecular weight is 358 g/mol. The minimum Gasteiger partial charge on any atom is -0.342 e. The Morgan fingerprint density at radius 1 is 0.920 bits per heavy atom. The minimum atomic E-state index is 0.727. The molecule has 0 heterocycles. The molecular weight excluding hydrogens is 330 g/mol. The lowest BCUT2D eigenvalue weighted by Gasteiger charge is -2.27. The van der Waals surface area contributed by atoms with Gasteiger partial charge in [-0.3, -0.25) is 0 Å². The Bertz CT molecular complexity index is 630. The second-order valence-corrected chi connectivity index (χ2v) is 6.53. The maximum Gasteiger partial charge on any atom is 0.203 e. The molecule has 0 atom stereocenters. The van der Waals surface area contributed by atoms with E-state index < -0.39 is 0 Å². The summed E-state index contributed by atoms with van der Waals surface area (Å²) in [6.07, 6.45) is 4.64. The number of unbranched alkanes of at least 4 members (excludes halogenated alkanes) is 2. The van der Waals surface area contributed by atoms with Gasteiger partial charge in [0, 0.05) is 23.8 Å². The number of aliphatic imine (C=N–C) groups is 1. The van der Waals surface area contributed by atoms with E-state index in [1.807, 2.05) is 42.5 Å². The van der Waals surface area contributed by atoms with Crippen LogP contribution in [0.4, 0.5) is 11.4 Å². The van der Waals surface area contributed by atoms with Crippen LogP contribution < -0.4 is 5.32 Å². The molecule has 2 rings (SSSR count). The third-order valence-corrected chi connectivity index (χ3v) is 4.21. The van der Waals surface area contributed by atoms with E-state index in [1.165, 1.54) is 12.8 Å². The molecule has 2 aromatic rings. The van der Waals surface area contributed by atoms with Crippen molar-refractivity contribution in [2.45, 2.75) is 39.5 Å². The summed E-state index contributed by atoms with van der Waals surface area (Å²) in [5.74, 6) is 0.899. The molecule has 0 aromatic heterocycles. The van der Waals surface area contributed by atoms with Gasteiger partial charge in [-0.1, -0.05) is 56.5 Å². The van der Waals surface area contributed by atoms with E-state index in [0.717, 1.165) is 48.3 Å². The molecular formula is C21H28ClN3. The van der Waals surface area contributed by atoms with E-state index in [9.17, 15) is 0 Å². The molecule has 0 unspecified atom stereocenters. The highest BCUT2D eigenvalue weighted by molar-refractivity contribution is 6.30. The first-order valence-electron chi connectivity index (χ1n) is 9.14. The fourth-order valence-corrected chi connectivity index (χ4v) is 2.61. The van der Waals surface area contributed by atoms with Crippen molar-refractivity contribution in [3.63, 3.8) is 0 Å². The molecule has 0 aliphatic rings. The van der Waals surface area contributed by atoms with Crippen molar-refractivity contribution in [3.8, 4) is 0 Å². The summed E-state index contributed by atoms with van der Waals surface area (Å²) in [5.41, 5.74) is 1.95. The van der Waals surface area contributed by atoms with Gasteiger partial charge >= 0.3 is 0 Å². The number of halogens is 1. The number of nitrogens with one attached hydrogen (secondary N) is 1. The van der Waals surface area contributed by atoms with Crippen LogP contribution >= 0.6 is 11.6 Å². The normalized spacial score (nSPS) is 11.4. The molecule has 134 valence electrons. The van der Waals surface area contributed by atoms with E-state index in [0.29, 0.717) is 0 Å². The zero-order valence-electron chi connectivity index (χ0n) is 15.2. The number of anilines is 1. The first-order chi connectivity index (χ1) is 12.2. The number of para-hydroxylation sites is 1. The third kappa shape index (κ3) is 6.79. The Labute approximate surface area is 156 Å². The molecule has 0 aliphatic carbocycles. The third-order valence-electron chi connectivity index (χ3n) is 3.95. The Balaban J connectivity index is 2.28. The maximum absolute atomic E-state index is 6.00. The van der Waals surface area contributed by atoms with Crippen molar-refractivity contribution in [2.75, 3.05) is 18.4 Å². The van der Waals surface area contributed by atoms with Gasteiger partial charge in [0.25, 0.3) is 0 Å². The molecule has 0 amide bonds. The molecule has 0 saturated carbocycles. The van der Waals surface area contributed by atoms with Crippen molar-refractivity contribution < 1.29 is 0 Å². The van der Waals surface area contributed by atoms with Crippen molar-refractivity contribution in [1.82, 2.24) is 4.90 Å². The van der Waals surface area contributed by atoms with E-state index in [-0.39, 0.29) is 0 Å². The maximum atomic E-state index is 6.00. The van der Waals surface area contributed by atoms with E-state index in [2.05, 4.69) is 36.2 Å². The zero-order valence-corrected chi connectivity index (χ0v) is 16.0. The number of hydrogen-bond donors (Lipinski definition) is 1. The Kier molecular flexibility index (Phi) is 8.33. The van der Waals surface area contributed by atoms with E-state index in [1.54, 1.807) is 0 Å². The van der Waals surface area contributed by atoms with Gasteiger partial charge < -0.3 is 10.2 Å². The van der Waals surface area contributed by atoms with E-state index in [4.69, 9.17) is 16.6 Å². The Morgan fingerprint density at radius 2 is 1.52 bits per heavy atom. The fourth-order valence-electron chi connectivity index (χ4n) is 2.49. The molecule has 4 heteroatoms. The molecule has 2 aromatic carbocycles. The van der Waals surface area contributed by atoms with E-state index >= 15 is 0 Å². The number of guanidine groups is 1. The highest BCUT2D eigenvalue weighted by Gasteiger charge is 2.11. The quantitative estimate of drug-likeness (QED) is 0.440. The molecule has 0 saturated heterocycles. The van der Waals surface area contributed by atoms with Crippen LogP contribution in [0.3, 0.4) is 0 Å². The second kappa shape index (κ2) is 10.8. The summed E-state index contributed by atoms with van der Waals surface area (Å²) in [4.78, 5) is 7.23. The van der Waals surface area contributed by atoms with Gasteiger partial charge in [-0.2, -0.15) is 0 Å². The molecule has 25 heavy (non-hydrogen) atoms. The second-order valence-electron chi connectivity index (χ2n) is 6.10. The van der Waals surface area contributed by atoms with Gasteiger partial charge in [-0.05, 0) is 49.2 Å². The van der Waals surface area contributed by atoms with Gasteiger partial charge in [0.05, 0.1) is 5.69 Å². The van der Waals surface area contributed by atoms with Crippen molar-refractivity contribution in [2.24, 2.45) is 4.99 Å². The summed E-state index contributed by atoms with van der Waals surface area (Å²) < 4.78 is 0. The Hall–Kier alpha value is -2.00. The predicted molar refractivity (Wildman–Crippen MR) is 110 cm³/mol. The van der Waals surface area contributed by atoms with Gasteiger partial charge in [-0.15, -0.1) is 0 Å². The lowest BCUT2D eigenvalue weighted by molar-refractivity contribution is 0.397. The van der Waals surface area contributed by atoms with Crippen molar-refractivity contribution in [3.05, 3.63) is 59.6 Å². The van der Waals surface area contributed by atoms with Crippen LogP contribution in [0.2, 0.25) is 5.02 Å². The summed E-state index contributed by atoms with van der Waals surface area (Å²) in [5, 5.41) is 4.23. The van der Waals surface area contributed by atoms with Gasteiger partial charge in [0.15, 0.2) is 0 Å². The molecule has 0 aliphatic heterocycles.